The van der Waals surface area contributed by atoms with E-state index in [-0.39, 0.29) is 18.2 Å². The highest BCUT2D eigenvalue weighted by Crippen LogP contribution is 1.99. The van der Waals surface area contributed by atoms with Crippen LogP contribution in [0, 0.1) is 5.92 Å². The zero-order valence-electron chi connectivity index (χ0n) is 7.17. The number of hydrogen-bond acceptors (Lipinski definition) is 2. The van der Waals surface area contributed by atoms with Crippen molar-refractivity contribution in [1.82, 2.24) is 5.32 Å². The fourth-order valence-corrected chi connectivity index (χ4v) is 0.741. The van der Waals surface area contributed by atoms with Gasteiger partial charge in [0.25, 0.3) is 0 Å². The van der Waals surface area contributed by atoms with E-state index in [2.05, 4.69) is 11.9 Å². The van der Waals surface area contributed by atoms with Crippen LogP contribution in [-0.2, 0) is 9.59 Å². The Hall–Kier alpha value is -1.32. The van der Waals surface area contributed by atoms with Crippen LogP contribution in [0.25, 0.3) is 0 Å². The summed E-state index contributed by atoms with van der Waals surface area (Å²) in [6.07, 6.45) is 1.66. The van der Waals surface area contributed by atoms with Gasteiger partial charge in [-0.2, -0.15) is 0 Å². The molecule has 0 rings (SSSR count). The van der Waals surface area contributed by atoms with Gasteiger partial charge in [-0.3, -0.25) is 9.59 Å². The van der Waals surface area contributed by atoms with Crippen LogP contribution in [0.1, 0.15) is 13.3 Å². The molecule has 12 heavy (non-hydrogen) atoms. The average molecular weight is 170 g/mol. The molecular weight excluding hydrogens is 156 g/mol. The Labute approximate surface area is 71.8 Å². The zero-order valence-corrected chi connectivity index (χ0v) is 7.17. The molecule has 1 atom stereocenters. The number of rotatable bonds is 5. The number of amides is 2. The van der Waals surface area contributed by atoms with E-state index in [9.17, 15) is 9.59 Å². The van der Waals surface area contributed by atoms with Gasteiger partial charge < -0.3 is 11.1 Å². The van der Waals surface area contributed by atoms with Crippen molar-refractivity contribution < 1.29 is 9.59 Å². The molecule has 0 aliphatic rings. The third-order valence-electron chi connectivity index (χ3n) is 1.38. The molecule has 4 nitrogen and oxygen atoms in total. The number of carbonyl (C=O) groups excluding carboxylic acids is 2. The molecule has 0 aliphatic heterocycles. The minimum atomic E-state index is -0.462. The van der Waals surface area contributed by atoms with Crippen LogP contribution in [0.2, 0.25) is 0 Å². The molecule has 2 amide bonds. The summed E-state index contributed by atoms with van der Waals surface area (Å²) in [5.41, 5.74) is 4.92. The molecule has 0 fully saturated rings. The van der Waals surface area contributed by atoms with E-state index in [4.69, 9.17) is 5.73 Å². The Bertz CT molecular complexity index is 189. The molecular formula is C8H14N2O2. The first-order valence-corrected chi connectivity index (χ1v) is 3.74. The molecule has 0 bridgehead atoms. The molecule has 0 heterocycles. The summed E-state index contributed by atoms with van der Waals surface area (Å²) in [6.45, 7) is 5.52. The molecule has 68 valence electrons. The maximum absolute atomic E-state index is 11.1. The Balaban J connectivity index is 3.76. The summed E-state index contributed by atoms with van der Waals surface area (Å²) in [4.78, 5) is 21.5. The van der Waals surface area contributed by atoms with Crippen LogP contribution in [0.5, 0.6) is 0 Å². The highest BCUT2D eigenvalue weighted by Gasteiger charge is 2.13. The van der Waals surface area contributed by atoms with Crippen LogP contribution >= 0.6 is 0 Å². The third kappa shape index (κ3) is 4.49. The smallest absolute Gasteiger partial charge is 0.223 e. The second-order valence-corrected chi connectivity index (χ2v) is 2.61. The summed E-state index contributed by atoms with van der Waals surface area (Å²) < 4.78 is 0. The highest BCUT2D eigenvalue weighted by atomic mass is 16.2. The maximum Gasteiger partial charge on any atom is 0.223 e. The van der Waals surface area contributed by atoms with Crippen molar-refractivity contribution in [3.8, 4) is 0 Å². The van der Waals surface area contributed by atoms with Crippen molar-refractivity contribution in [3.05, 3.63) is 12.7 Å². The van der Waals surface area contributed by atoms with Gasteiger partial charge in [-0.15, -0.1) is 6.58 Å². The fourth-order valence-electron chi connectivity index (χ4n) is 0.741. The summed E-state index contributed by atoms with van der Waals surface area (Å²) >= 11 is 0. The van der Waals surface area contributed by atoms with E-state index >= 15 is 0 Å². The second kappa shape index (κ2) is 5.35. The van der Waals surface area contributed by atoms with Crippen molar-refractivity contribution in [2.24, 2.45) is 11.7 Å². The Morgan fingerprint density at radius 2 is 2.25 bits per heavy atom. The average Bonchev–Trinajstić information content (AvgIpc) is 1.98. The molecule has 0 saturated carbocycles. The van der Waals surface area contributed by atoms with Crippen molar-refractivity contribution in [2.75, 3.05) is 6.54 Å². The predicted octanol–water partition coefficient (Wildman–Crippen LogP) is -0.200. The lowest BCUT2D eigenvalue weighted by Gasteiger charge is -2.07. The number of primary amides is 1. The van der Waals surface area contributed by atoms with Crippen LogP contribution < -0.4 is 11.1 Å². The zero-order chi connectivity index (χ0) is 9.56. The predicted molar refractivity (Wildman–Crippen MR) is 46.2 cm³/mol. The van der Waals surface area contributed by atoms with Gasteiger partial charge in [-0.1, -0.05) is 13.0 Å². The first kappa shape index (κ1) is 10.7. The van der Waals surface area contributed by atoms with Crippen molar-refractivity contribution in [1.29, 1.82) is 0 Å². The summed E-state index contributed by atoms with van der Waals surface area (Å²) in [6, 6.07) is 0. The Morgan fingerprint density at radius 3 is 2.67 bits per heavy atom. The number of carbonyl (C=O) groups is 2. The number of nitrogens with one attached hydrogen (secondary N) is 1. The lowest BCUT2D eigenvalue weighted by molar-refractivity contribution is -0.128. The molecule has 4 heteroatoms. The van der Waals surface area contributed by atoms with Gasteiger partial charge in [0.1, 0.15) is 0 Å². The molecule has 1 unspecified atom stereocenters. The summed E-state index contributed by atoms with van der Waals surface area (Å²) in [5.74, 6) is -0.993. The van der Waals surface area contributed by atoms with E-state index in [1.165, 1.54) is 0 Å². The van der Waals surface area contributed by atoms with E-state index in [0.29, 0.717) is 6.54 Å². The van der Waals surface area contributed by atoms with Crippen LogP contribution in [0.4, 0.5) is 0 Å². The molecule has 0 spiro atoms. The van der Waals surface area contributed by atoms with Crippen molar-refractivity contribution >= 4 is 11.8 Å². The largest absolute Gasteiger partial charge is 0.370 e. The minimum Gasteiger partial charge on any atom is -0.370 e. The van der Waals surface area contributed by atoms with Crippen LogP contribution in [0.3, 0.4) is 0 Å². The van der Waals surface area contributed by atoms with Gasteiger partial charge in [-0.05, 0) is 0 Å². The summed E-state index contributed by atoms with van der Waals surface area (Å²) in [5, 5.41) is 2.57. The lowest BCUT2D eigenvalue weighted by atomic mass is 10.1. The highest BCUT2D eigenvalue weighted by molar-refractivity contribution is 5.84. The van der Waals surface area contributed by atoms with Gasteiger partial charge in [0.15, 0.2) is 0 Å². The third-order valence-corrected chi connectivity index (χ3v) is 1.38. The molecule has 0 aromatic rings. The van der Waals surface area contributed by atoms with Crippen molar-refractivity contribution in [3.63, 3.8) is 0 Å². The normalized spacial score (nSPS) is 11.8. The van der Waals surface area contributed by atoms with Gasteiger partial charge >= 0.3 is 0 Å². The van der Waals surface area contributed by atoms with Gasteiger partial charge in [-0.25, -0.2) is 0 Å². The quantitative estimate of drug-likeness (QED) is 0.561. The van der Waals surface area contributed by atoms with Gasteiger partial charge in [0, 0.05) is 18.9 Å². The maximum atomic E-state index is 11.1. The number of nitrogens with two attached hydrogens (primary N) is 1. The fraction of sp³-hybridized carbons (Fsp3) is 0.500. The van der Waals surface area contributed by atoms with Crippen molar-refractivity contribution in [2.45, 2.75) is 13.3 Å². The molecule has 0 aromatic carbocycles. The van der Waals surface area contributed by atoms with E-state index in [1.807, 2.05) is 0 Å². The monoisotopic (exact) mass is 170 g/mol. The molecule has 0 aromatic heterocycles. The Kier molecular flexibility index (Phi) is 4.76. The first-order chi connectivity index (χ1) is 5.57. The first-order valence-electron chi connectivity index (χ1n) is 3.74. The number of hydrogen-bond donors (Lipinski definition) is 2. The molecule has 0 aliphatic carbocycles. The minimum absolute atomic E-state index is 0.0863. The van der Waals surface area contributed by atoms with Crippen LogP contribution in [-0.4, -0.2) is 18.4 Å². The van der Waals surface area contributed by atoms with Gasteiger partial charge in [0.05, 0.1) is 0 Å². The Morgan fingerprint density at radius 1 is 1.67 bits per heavy atom. The second-order valence-electron chi connectivity index (χ2n) is 2.61. The summed E-state index contributed by atoms with van der Waals surface area (Å²) in [7, 11) is 0. The van der Waals surface area contributed by atoms with E-state index < -0.39 is 5.91 Å². The van der Waals surface area contributed by atoms with Gasteiger partial charge in [0.2, 0.25) is 11.8 Å². The molecule has 0 radical (unpaired) electrons. The van der Waals surface area contributed by atoms with E-state index in [0.717, 1.165) is 0 Å². The topological polar surface area (TPSA) is 72.2 Å². The van der Waals surface area contributed by atoms with Crippen LogP contribution in [0.15, 0.2) is 12.7 Å². The SMILES string of the molecule is C=CCNC(=O)C(C)CC(N)=O. The standard InChI is InChI=1S/C8H14N2O2/c1-3-4-10-8(12)6(2)5-7(9)11/h3,6H,1,4-5H2,2H3,(H2,9,11)(H,10,12). The molecule has 3 N–H and O–H groups in total. The molecule has 0 saturated heterocycles. The lowest BCUT2D eigenvalue weighted by Crippen LogP contribution is -2.31. The van der Waals surface area contributed by atoms with E-state index in [1.54, 1.807) is 13.0 Å².